The molecule has 3 aromatic rings. The molecular formula is C25H32N4O3S. The van der Waals surface area contributed by atoms with Crippen molar-refractivity contribution in [2.24, 2.45) is 5.73 Å². The van der Waals surface area contributed by atoms with Gasteiger partial charge < -0.3 is 10.8 Å². The topological polar surface area (TPSA) is 109 Å². The van der Waals surface area contributed by atoms with E-state index in [-0.39, 0.29) is 11.8 Å². The Morgan fingerprint density at radius 1 is 1.06 bits per heavy atom. The van der Waals surface area contributed by atoms with Crippen molar-refractivity contribution >= 4 is 10.0 Å². The highest BCUT2D eigenvalue weighted by Crippen LogP contribution is 2.27. The molecule has 1 aromatic heterocycles. The van der Waals surface area contributed by atoms with Crippen LogP contribution in [0.4, 0.5) is 0 Å². The smallest absolute Gasteiger partial charge is 0.211 e. The second kappa shape index (κ2) is 11.4. The van der Waals surface area contributed by atoms with Crippen LogP contribution in [0.2, 0.25) is 0 Å². The number of phenols is 1. The second-order valence-corrected chi connectivity index (χ2v) is 10.1. The van der Waals surface area contributed by atoms with Gasteiger partial charge in [-0.2, -0.15) is 4.31 Å². The molecule has 0 bridgehead atoms. The van der Waals surface area contributed by atoms with Crippen LogP contribution in [0.1, 0.15) is 42.8 Å². The average Bonchev–Trinajstić information content (AvgIpc) is 2.80. The van der Waals surface area contributed by atoms with E-state index >= 15 is 0 Å². The highest BCUT2D eigenvalue weighted by atomic mass is 32.2. The van der Waals surface area contributed by atoms with Gasteiger partial charge in [0, 0.05) is 30.8 Å². The van der Waals surface area contributed by atoms with E-state index in [1.165, 1.54) is 10.6 Å². The summed E-state index contributed by atoms with van der Waals surface area (Å²) in [5.74, 6) is 1.04. The molecule has 7 nitrogen and oxygen atoms in total. The van der Waals surface area contributed by atoms with E-state index in [1.807, 2.05) is 49.4 Å². The predicted octanol–water partition coefficient (Wildman–Crippen LogP) is 3.70. The largest absolute Gasteiger partial charge is 0.508 e. The quantitative estimate of drug-likeness (QED) is 0.444. The van der Waals surface area contributed by atoms with Crippen LogP contribution >= 0.6 is 0 Å². The van der Waals surface area contributed by atoms with Gasteiger partial charge in [-0.15, -0.1) is 0 Å². The van der Waals surface area contributed by atoms with Gasteiger partial charge in [0.25, 0.3) is 0 Å². The molecule has 0 saturated carbocycles. The van der Waals surface area contributed by atoms with E-state index in [9.17, 15) is 13.5 Å². The molecule has 1 unspecified atom stereocenters. The molecule has 0 aliphatic carbocycles. The summed E-state index contributed by atoms with van der Waals surface area (Å²) >= 11 is 0. The fourth-order valence-corrected chi connectivity index (χ4v) is 4.97. The third kappa shape index (κ3) is 7.08. The van der Waals surface area contributed by atoms with E-state index in [0.29, 0.717) is 19.5 Å². The van der Waals surface area contributed by atoms with Crippen LogP contribution in [0.25, 0.3) is 11.3 Å². The Kier molecular flexibility index (Phi) is 8.55. The predicted molar refractivity (Wildman–Crippen MR) is 131 cm³/mol. The van der Waals surface area contributed by atoms with Crippen LogP contribution in [0.5, 0.6) is 5.75 Å². The maximum Gasteiger partial charge on any atom is 0.211 e. The lowest BCUT2D eigenvalue weighted by molar-refractivity contribution is 0.342. The van der Waals surface area contributed by atoms with Crippen molar-refractivity contribution in [3.63, 3.8) is 0 Å². The van der Waals surface area contributed by atoms with Gasteiger partial charge in [-0.05, 0) is 68.1 Å². The molecule has 33 heavy (non-hydrogen) atoms. The van der Waals surface area contributed by atoms with Crippen molar-refractivity contribution in [1.29, 1.82) is 0 Å². The maximum atomic E-state index is 12.3. The minimum absolute atomic E-state index is 0.269. The molecule has 3 rings (SSSR count). The van der Waals surface area contributed by atoms with Crippen LogP contribution in [0.3, 0.4) is 0 Å². The summed E-state index contributed by atoms with van der Waals surface area (Å²) in [5, 5.41) is 9.40. The highest BCUT2D eigenvalue weighted by Gasteiger charge is 2.24. The minimum Gasteiger partial charge on any atom is -0.508 e. The molecule has 0 saturated heterocycles. The number of benzene rings is 2. The van der Waals surface area contributed by atoms with Crippen LogP contribution in [0.15, 0.2) is 60.8 Å². The summed E-state index contributed by atoms with van der Waals surface area (Å²) < 4.78 is 26.1. The first-order valence-corrected chi connectivity index (χ1v) is 13.0. The number of phenolic OH excluding ortho intramolecular Hbond substituents is 1. The Morgan fingerprint density at radius 2 is 1.82 bits per heavy atom. The highest BCUT2D eigenvalue weighted by molar-refractivity contribution is 7.88. The number of nitrogens with two attached hydrogens (primary N) is 1. The Balaban J connectivity index is 1.73. The van der Waals surface area contributed by atoms with Gasteiger partial charge in [0.15, 0.2) is 0 Å². The number of aromatic hydroxyl groups is 1. The zero-order chi connectivity index (χ0) is 23.8. The molecule has 1 heterocycles. The fourth-order valence-electron chi connectivity index (χ4n) is 3.81. The van der Waals surface area contributed by atoms with Gasteiger partial charge >= 0.3 is 0 Å². The monoisotopic (exact) mass is 468 g/mol. The van der Waals surface area contributed by atoms with Crippen molar-refractivity contribution in [3.05, 3.63) is 77.7 Å². The standard InChI is InChI=1S/C25H32N4O3S/c1-19(29(17-5-15-26)33(2,31)32)21-7-4-8-22(18-21)24-14-16-27-25(28-24)9-3-6-20-10-12-23(30)13-11-20/h4,7-8,10-14,16,18-19,30H,3,5-6,9,15,17,26H2,1-2H3. The van der Waals surface area contributed by atoms with Crippen molar-refractivity contribution < 1.29 is 13.5 Å². The Morgan fingerprint density at radius 3 is 2.52 bits per heavy atom. The molecule has 2 aromatic carbocycles. The van der Waals surface area contributed by atoms with Crippen molar-refractivity contribution in [2.45, 2.75) is 38.6 Å². The Labute approximate surface area is 196 Å². The molecule has 1 atom stereocenters. The molecular weight excluding hydrogens is 436 g/mol. The number of rotatable bonds is 11. The second-order valence-electron chi connectivity index (χ2n) is 8.20. The van der Waals surface area contributed by atoms with Gasteiger partial charge in [0.1, 0.15) is 11.6 Å². The van der Waals surface area contributed by atoms with Gasteiger partial charge in [0.2, 0.25) is 10.0 Å². The van der Waals surface area contributed by atoms with Gasteiger partial charge in [-0.3, -0.25) is 0 Å². The van der Waals surface area contributed by atoms with Gasteiger partial charge in [0.05, 0.1) is 11.9 Å². The van der Waals surface area contributed by atoms with Crippen molar-refractivity contribution in [3.8, 4) is 17.0 Å². The van der Waals surface area contributed by atoms with Crippen LogP contribution < -0.4 is 5.73 Å². The first-order chi connectivity index (χ1) is 15.8. The number of hydrogen-bond donors (Lipinski definition) is 2. The van der Waals surface area contributed by atoms with E-state index in [0.717, 1.165) is 47.5 Å². The minimum atomic E-state index is -3.37. The lowest BCUT2D eigenvalue weighted by Crippen LogP contribution is -2.34. The van der Waals surface area contributed by atoms with Crippen molar-refractivity contribution in [1.82, 2.24) is 14.3 Å². The van der Waals surface area contributed by atoms with E-state index in [4.69, 9.17) is 10.7 Å². The van der Waals surface area contributed by atoms with E-state index in [1.54, 1.807) is 18.3 Å². The van der Waals surface area contributed by atoms with Gasteiger partial charge in [-0.1, -0.05) is 30.3 Å². The third-order valence-corrected chi connectivity index (χ3v) is 6.96. The van der Waals surface area contributed by atoms with Crippen LogP contribution in [-0.4, -0.2) is 47.1 Å². The number of aryl methyl sites for hydroxylation is 2. The molecule has 176 valence electrons. The number of nitrogens with zero attached hydrogens (tertiary/aromatic N) is 3. The Bertz CT molecular complexity index is 1150. The molecule has 0 spiro atoms. The molecule has 0 aliphatic rings. The lowest BCUT2D eigenvalue weighted by atomic mass is 10.0. The number of hydrogen-bond acceptors (Lipinski definition) is 6. The average molecular weight is 469 g/mol. The normalized spacial score (nSPS) is 12.7. The molecule has 3 N–H and O–H groups in total. The zero-order valence-electron chi connectivity index (χ0n) is 19.2. The molecule has 0 aliphatic heterocycles. The summed E-state index contributed by atoms with van der Waals surface area (Å²) in [4.78, 5) is 9.14. The first kappa shape index (κ1) is 24.8. The maximum absolute atomic E-state index is 12.3. The summed E-state index contributed by atoms with van der Waals surface area (Å²) in [6, 6.07) is 16.6. The summed E-state index contributed by atoms with van der Waals surface area (Å²) in [6.07, 6.45) is 6.13. The van der Waals surface area contributed by atoms with Crippen molar-refractivity contribution in [2.75, 3.05) is 19.3 Å². The molecule has 0 fully saturated rings. The number of aromatic nitrogens is 2. The van der Waals surface area contributed by atoms with Crippen LogP contribution in [-0.2, 0) is 22.9 Å². The lowest BCUT2D eigenvalue weighted by Gasteiger charge is -2.27. The summed E-state index contributed by atoms with van der Waals surface area (Å²) in [7, 11) is -3.37. The third-order valence-electron chi connectivity index (χ3n) is 5.61. The molecule has 0 amide bonds. The summed E-state index contributed by atoms with van der Waals surface area (Å²) in [5.41, 5.74) is 9.41. The fraction of sp³-hybridized carbons (Fsp3) is 0.360. The van der Waals surface area contributed by atoms with E-state index < -0.39 is 10.0 Å². The summed E-state index contributed by atoms with van der Waals surface area (Å²) in [6.45, 7) is 2.72. The SMILES string of the molecule is CC(c1cccc(-c2ccnc(CCCc3ccc(O)cc3)n2)c1)N(CCCN)S(C)(=O)=O. The number of sulfonamides is 1. The van der Waals surface area contributed by atoms with Gasteiger partial charge in [-0.25, -0.2) is 18.4 Å². The Hall–Kier alpha value is -2.81. The van der Waals surface area contributed by atoms with E-state index in [2.05, 4.69) is 4.98 Å². The molecule has 0 radical (unpaired) electrons. The zero-order valence-corrected chi connectivity index (χ0v) is 20.0. The first-order valence-electron chi connectivity index (χ1n) is 11.1. The molecule has 8 heteroatoms. The van der Waals surface area contributed by atoms with Crippen LogP contribution in [0, 0.1) is 0 Å².